The van der Waals surface area contributed by atoms with Gasteiger partial charge < -0.3 is 9.64 Å². The molecule has 27 heavy (non-hydrogen) atoms. The number of piperidine rings is 1. The van der Waals surface area contributed by atoms with Gasteiger partial charge in [0.2, 0.25) is 5.91 Å². The van der Waals surface area contributed by atoms with E-state index in [0.29, 0.717) is 24.3 Å². The van der Waals surface area contributed by atoms with Gasteiger partial charge in [0.15, 0.2) is 0 Å². The minimum absolute atomic E-state index is 0.375. The molecule has 0 aliphatic carbocycles. The van der Waals surface area contributed by atoms with E-state index in [1.807, 2.05) is 0 Å². The monoisotopic (exact) mass is 371 g/mol. The molecule has 1 aromatic rings. The Hall–Kier alpha value is -1.43. The molecule has 0 spiro atoms. The summed E-state index contributed by atoms with van der Waals surface area (Å²) in [6.07, 6.45) is 4.11. The lowest BCUT2D eigenvalue weighted by Crippen LogP contribution is -2.47. The average Bonchev–Trinajstić information content (AvgIpc) is 3.00. The predicted octanol–water partition coefficient (Wildman–Crippen LogP) is 2.22. The maximum atomic E-state index is 12.9. The maximum absolute atomic E-state index is 12.9. The second-order valence-corrected chi connectivity index (χ2v) is 8.38. The Morgan fingerprint density at radius 2 is 1.81 bits per heavy atom. The number of benzene rings is 1. The zero-order valence-corrected chi connectivity index (χ0v) is 16.4. The minimum Gasteiger partial charge on any atom is -0.379 e. The third-order valence-corrected chi connectivity index (χ3v) is 6.33. The molecule has 0 unspecified atom stereocenters. The van der Waals surface area contributed by atoms with Crippen LogP contribution in [-0.2, 0) is 16.1 Å². The van der Waals surface area contributed by atoms with Crippen LogP contribution in [0.4, 0.5) is 0 Å². The summed E-state index contributed by atoms with van der Waals surface area (Å²) in [7, 11) is 0. The zero-order valence-electron chi connectivity index (χ0n) is 16.4. The zero-order chi connectivity index (χ0) is 18.5. The van der Waals surface area contributed by atoms with E-state index in [1.165, 1.54) is 18.4 Å². The minimum atomic E-state index is 0.375. The third-order valence-electron chi connectivity index (χ3n) is 6.33. The molecule has 4 aliphatic rings. The predicted molar refractivity (Wildman–Crippen MR) is 106 cm³/mol. The lowest BCUT2D eigenvalue weighted by Gasteiger charge is -2.36. The fraction of sp³-hybridized carbons (Fsp3) is 0.682. The lowest BCUT2D eigenvalue weighted by molar-refractivity contribution is -0.135. The van der Waals surface area contributed by atoms with Crippen LogP contribution in [0.15, 0.2) is 30.3 Å². The molecule has 5 rings (SSSR count). The number of hydrogen-bond acceptors (Lipinski definition) is 4. The van der Waals surface area contributed by atoms with Gasteiger partial charge in [-0.15, -0.1) is 0 Å². The van der Waals surface area contributed by atoms with Crippen LogP contribution in [0.5, 0.6) is 0 Å². The van der Waals surface area contributed by atoms with E-state index in [2.05, 4.69) is 45.0 Å². The molecule has 2 atom stereocenters. The van der Waals surface area contributed by atoms with Crippen LogP contribution in [0.25, 0.3) is 0 Å². The van der Waals surface area contributed by atoms with Crippen LogP contribution in [0.3, 0.4) is 0 Å². The summed E-state index contributed by atoms with van der Waals surface area (Å²) < 4.78 is 5.40. The van der Waals surface area contributed by atoms with E-state index in [4.69, 9.17) is 4.74 Å². The van der Waals surface area contributed by atoms with Crippen LogP contribution in [0.2, 0.25) is 0 Å². The Balaban J connectivity index is 1.28. The highest BCUT2D eigenvalue weighted by Gasteiger charge is 2.36. The summed E-state index contributed by atoms with van der Waals surface area (Å²) >= 11 is 0. The van der Waals surface area contributed by atoms with Crippen LogP contribution in [-0.4, -0.2) is 79.1 Å². The van der Waals surface area contributed by atoms with E-state index in [1.54, 1.807) is 0 Å². The van der Waals surface area contributed by atoms with Gasteiger partial charge in [0.05, 0.1) is 13.2 Å². The molecule has 0 radical (unpaired) electrons. The average molecular weight is 372 g/mol. The first-order chi connectivity index (χ1) is 13.3. The Bertz CT molecular complexity index is 603. The topological polar surface area (TPSA) is 36.0 Å². The van der Waals surface area contributed by atoms with Gasteiger partial charge in [-0.3, -0.25) is 14.6 Å². The second-order valence-electron chi connectivity index (χ2n) is 8.38. The van der Waals surface area contributed by atoms with Gasteiger partial charge in [-0.1, -0.05) is 30.3 Å². The molecular weight excluding hydrogens is 338 g/mol. The molecule has 2 bridgehead atoms. The number of hydrogen-bond donors (Lipinski definition) is 0. The summed E-state index contributed by atoms with van der Waals surface area (Å²) in [5, 5.41) is 0. The van der Waals surface area contributed by atoms with Crippen LogP contribution < -0.4 is 0 Å². The number of fused-ring (bicyclic) bond motifs is 4. The van der Waals surface area contributed by atoms with E-state index >= 15 is 0 Å². The molecule has 1 aromatic carbocycles. The molecule has 0 N–H and O–H groups in total. The van der Waals surface area contributed by atoms with Crippen molar-refractivity contribution in [2.45, 2.75) is 38.3 Å². The Morgan fingerprint density at radius 3 is 2.63 bits per heavy atom. The highest BCUT2D eigenvalue weighted by molar-refractivity contribution is 5.76. The van der Waals surface area contributed by atoms with E-state index in [9.17, 15) is 4.79 Å². The number of nitrogens with zero attached hydrogens (tertiary/aromatic N) is 3. The van der Waals surface area contributed by atoms with Crippen LogP contribution in [0, 0.1) is 5.92 Å². The summed E-state index contributed by atoms with van der Waals surface area (Å²) in [4.78, 5) is 20.1. The highest BCUT2D eigenvalue weighted by Crippen LogP contribution is 2.29. The van der Waals surface area contributed by atoms with Gasteiger partial charge in [-0.2, -0.15) is 0 Å². The molecule has 4 heterocycles. The van der Waals surface area contributed by atoms with Gasteiger partial charge in [0, 0.05) is 51.7 Å². The summed E-state index contributed by atoms with van der Waals surface area (Å²) in [5.74, 6) is 1.01. The highest BCUT2D eigenvalue weighted by atomic mass is 16.5. The first-order valence-electron chi connectivity index (χ1n) is 10.6. The molecule has 4 fully saturated rings. The van der Waals surface area contributed by atoms with E-state index < -0.39 is 0 Å². The summed E-state index contributed by atoms with van der Waals surface area (Å²) in [6.45, 7) is 8.84. The van der Waals surface area contributed by atoms with Gasteiger partial charge in [-0.05, 0) is 37.3 Å². The van der Waals surface area contributed by atoms with Crippen molar-refractivity contribution < 1.29 is 9.53 Å². The van der Waals surface area contributed by atoms with Crippen molar-refractivity contribution in [3.8, 4) is 0 Å². The Kier molecular flexibility index (Phi) is 6.43. The van der Waals surface area contributed by atoms with Crippen molar-refractivity contribution >= 4 is 5.91 Å². The van der Waals surface area contributed by atoms with E-state index in [-0.39, 0.29) is 0 Å². The molecule has 1 amide bonds. The molecule has 4 saturated heterocycles. The summed E-state index contributed by atoms with van der Waals surface area (Å²) in [6, 6.07) is 11.1. The van der Waals surface area contributed by atoms with Crippen molar-refractivity contribution in [1.82, 2.24) is 14.7 Å². The number of amides is 1. The van der Waals surface area contributed by atoms with Gasteiger partial charge in [-0.25, -0.2) is 0 Å². The number of carbonyl (C=O) groups excluding carboxylic acids is 1. The van der Waals surface area contributed by atoms with Crippen molar-refractivity contribution in [3.63, 3.8) is 0 Å². The van der Waals surface area contributed by atoms with Crippen molar-refractivity contribution in [2.75, 3.05) is 52.5 Å². The molecule has 0 aromatic heterocycles. The first-order valence-corrected chi connectivity index (χ1v) is 10.6. The normalized spacial score (nSPS) is 26.9. The molecule has 5 heteroatoms. The van der Waals surface area contributed by atoms with Crippen molar-refractivity contribution in [3.05, 3.63) is 35.9 Å². The van der Waals surface area contributed by atoms with Gasteiger partial charge >= 0.3 is 0 Å². The quantitative estimate of drug-likeness (QED) is 0.768. The maximum Gasteiger partial charge on any atom is 0.222 e. The fourth-order valence-electron chi connectivity index (χ4n) is 4.88. The van der Waals surface area contributed by atoms with Gasteiger partial charge in [0.1, 0.15) is 0 Å². The number of ether oxygens (including phenoxy) is 1. The Labute approximate surface area is 163 Å². The summed E-state index contributed by atoms with van der Waals surface area (Å²) in [5.41, 5.74) is 1.38. The molecular formula is C22H33N3O2. The standard InChI is InChI=1S/C22H33N3O2/c26-22(7-4-10-23-11-13-27-14-12-23)25-17-20-8-9-21(25)18-24(16-20)15-19-5-2-1-3-6-19/h1-3,5-6,20-21H,4,7-18H2/t20-,21+/m1/s1. The number of carbonyl (C=O) groups is 1. The van der Waals surface area contributed by atoms with E-state index in [0.717, 1.165) is 65.4 Å². The first kappa shape index (κ1) is 18.9. The van der Waals surface area contributed by atoms with Crippen LogP contribution in [0.1, 0.15) is 31.2 Å². The molecule has 0 saturated carbocycles. The molecule has 4 aliphatic heterocycles. The lowest BCUT2D eigenvalue weighted by atomic mass is 9.94. The number of rotatable bonds is 6. The number of morpholine rings is 1. The SMILES string of the molecule is O=C(CCCN1CCOCC1)N1C[C@@H]2CC[C@H]1CN(Cc1ccccc1)C2. The largest absolute Gasteiger partial charge is 0.379 e. The van der Waals surface area contributed by atoms with Crippen molar-refractivity contribution in [2.24, 2.45) is 5.92 Å². The third kappa shape index (κ3) is 5.09. The Morgan fingerprint density at radius 1 is 1.00 bits per heavy atom. The second kappa shape index (κ2) is 9.18. The molecule has 148 valence electrons. The van der Waals surface area contributed by atoms with Crippen LogP contribution >= 0.6 is 0 Å². The molecule has 5 nitrogen and oxygen atoms in total. The van der Waals surface area contributed by atoms with Crippen molar-refractivity contribution in [1.29, 1.82) is 0 Å². The smallest absolute Gasteiger partial charge is 0.222 e. The fourth-order valence-corrected chi connectivity index (χ4v) is 4.88. The van der Waals surface area contributed by atoms with Gasteiger partial charge in [0.25, 0.3) is 0 Å².